The number of likely N-dealkylation sites (N-methyl/N-ethyl adjacent to an activating group) is 1. The van der Waals surface area contributed by atoms with Crippen LogP contribution in [0.4, 0.5) is 16.2 Å². The molecule has 1 aliphatic carbocycles. The number of amides is 2. The lowest BCUT2D eigenvalue weighted by molar-refractivity contribution is -0.168. The molecule has 9 unspecified atom stereocenters. The Hall–Kier alpha value is -6.15. The van der Waals surface area contributed by atoms with E-state index in [2.05, 4.69) is 81.1 Å². The number of benzene rings is 4. The first-order valence-electron chi connectivity index (χ1n) is 24.6. The molecule has 13 heteroatoms. The van der Waals surface area contributed by atoms with E-state index in [0.717, 1.165) is 64.0 Å². The maximum atomic E-state index is 15.6. The summed E-state index contributed by atoms with van der Waals surface area (Å²) < 4.78 is 18.5. The number of urea groups is 1. The first-order valence-corrected chi connectivity index (χ1v) is 24.6. The fourth-order valence-electron chi connectivity index (χ4n) is 14.1. The van der Waals surface area contributed by atoms with Crippen LogP contribution in [-0.4, -0.2) is 122 Å². The van der Waals surface area contributed by atoms with Crippen molar-refractivity contribution < 1.29 is 33.7 Å². The Morgan fingerprint density at radius 1 is 0.942 bits per heavy atom. The van der Waals surface area contributed by atoms with Gasteiger partial charge in [-0.3, -0.25) is 14.5 Å². The third kappa shape index (κ3) is 7.50. The molecule has 2 saturated heterocycles. The third-order valence-electron chi connectivity index (χ3n) is 16.8. The lowest BCUT2D eigenvalue weighted by Crippen LogP contribution is -2.68. The summed E-state index contributed by atoms with van der Waals surface area (Å²) in [6, 6.07) is 29.7. The van der Waals surface area contributed by atoms with Gasteiger partial charge in [-0.05, 0) is 91.1 Å². The van der Waals surface area contributed by atoms with Crippen molar-refractivity contribution in [2.45, 2.75) is 93.5 Å². The summed E-state index contributed by atoms with van der Waals surface area (Å²) in [6.45, 7) is 13.2. The smallest absolute Gasteiger partial charge is 0.322 e. The number of para-hydroxylation sites is 1. The van der Waals surface area contributed by atoms with Gasteiger partial charge >= 0.3 is 18.0 Å². The number of methoxy groups -OCH3 is 2. The number of hydrogen-bond donors (Lipinski definition) is 4. The Morgan fingerprint density at radius 2 is 1.68 bits per heavy atom. The highest BCUT2D eigenvalue weighted by atomic mass is 16.6. The Labute approximate surface area is 405 Å². The molecule has 5 heterocycles. The van der Waals surface area contributed by atoms with Crippen LogP contribution >= 0.6 is 0 Å². The van der Waals surface area contributed by atoms with Gasteiger partial charge in [0, 0.05) is 97.1 Å². The zero-order chi connectivity index (χ0) is 48.4. The van der Waals surface area contributed by atoms with Gasteiger partial charge in [-0.2, -0.15) is 0 Å². The minimum Gasteiger partial charge on any atom is -0.496 e. The number of H-pyrrole nitrogens is 1. The van der Waals surface area contributed by atoms with Crippen LogP contribution in [0.3, 0.4) is 0 Å². The summed E-state index contributed by atoms with van der Waals surface area (Å²) in [5, 5.41) is 20.1. The van der Waals surface area contributed by atoms with Gasteiger partial charge in [0.1, 0.15) is 23.4 Å². The zero-order valence-corrected chi connectivity index (χ0v) is 40.7. The van der Waals surface area contributed by atoms with Crippen molar-refractivity contribution in [3.05, 3.63) is 126 Å². The second-order valence-corrected chi connectivity index (χ2v) is 20.4. The molecule has 5 aliphatic rings. The van der Waals surface area contributed by atoms with Crippen LogP contribution in [0.2, 0.25) is 0 Å². The molecule has 2 amide bonds. The van der Waals surface area contributed by atoms with Crippen molar-refractivity contribution in [2.24, 2.45) is 11.8 Å². The summed E-state index contributed by atoms with van der Waals surface area (Å²) >= 11 is 0. The molecule has 4 aromatic carbocycles. The highest BCUT2D eigenvalue weighted by Gasteiger charge is 2.68. The number of esters is 2. The van der Waals surface area contributed by atoms with Gasteiger partial charge in [-0.15, -0.1) is 6.58 Å². The quantitative estimate of drug-likeness (QED) is 0.0808. The molecule has 10 rings (SSSR count). The molecule has 362 valence electrons. The van der Waals surface area contributed by atoms with Gasteiger partial charge in [0.05, 0.1) is 25.8 Å². The fourth-order valence-corrected chi connectivity index (χ4v) is 14.1. The van der Waals surface area contributed by atoms with Gasteiger partial charge in [0.2, 0.25) is 0 Å². The van der Waals surface area contributed by atoms with Crippen LogP contribution in [0, 0.1) is 11.8 Å². The van der Waals surface area contributed by atoms with Crippen LogP contribution in [-0.2, 0) is 36.3 Å². The van der Waals surface area contributed by atoms with E-state index >= 15 is 4.79 Å². The molecule has 4 aliphatic heterocycles. The molecule has 0 radical (unpaired) electrons. The topological polar surface area (TPSA) is 149 Å². The number of aromatic amines is 1. The number of anilines is 2. The summed E-state index contributed by atoms with van der Waals surface area (Å²) in [7, 11) is 5.12. The number of nitrogens with one attached hydrogen (secondary N) is 3. The number of aliphatic hydroxyl groups excluding tert-OH is 1. The Bertz CT molecular complexity index is 2780. The van der Waals surface area contributed by atoms with Crippen LogP contribution in [0.15, 0.2) is 104 Å². The average molecular weight is 935 g/mol. The van der Waals surface area contributed by atoms with Gasteiger partial charge < -0.3 is 44.7 Å². The van der Waals surface area contributed by atoms with Crippen LogP contribution in [0.5, 0.6) is 5.75 Å². The lowest BCUT2D eigenvalue weighted by atomic mass is 9.58. The molecule has 5 aromatic rings. The number of ether oxygens (including phenoxy) is 3. The normalized spacial score (nSPS) is 30.4. The van der Waals surface area contributed by atoms with Crippen LogP contribution in [0.1, 0.15) is 68.8 Å². The molecule has 4 N–H and O–H groups in total. The van der Waals surface area contributed by atoms with E-state index in [0.29, 0.717) is 62.3 Å². The number of aliphatic hydroxyl groups is 1. The predicted molar refractivity (Wildman–Crippen MR) is 269 cm³/mol. The number of aromatic nitrogens is 1. The molecular formula is C56H66N6O7. The SMILES string of the molecule is C=CCN1CCC23c4cc([C@@]5(C(=O)OC)CC6CN(CCc7c5[nH]c5ccccc75)CC(CC)(NC(=O)Nc5ccc(-c7ccccc7)cc5)C6)c(OC)cc4N(C)C2C(O)C(OC(C)=O)C(C)C13. The van der Waals surface area contributed by atoms with E-state index in [1.165, 1.54) is 14.0 Å². The Kier molecular flexibility index (Phi) is 12.1. The molecule has 1 aromatic heterocycles. The summed E-state index contributed by atoms with van der Waals surface area (Å²) in [5.41, 5.74) is 5.65. The van der Waals surface area contributed by atoms with E-state index in [4.69, 9.17) is 14.2 Å². The van der Waals surface area contributed by atoms with Gasteiger partial charge in [-0.25, -0.2) is 4.79 Å². The lowest BCUT2D eigenvalue weighted by Gasteiger charge is -2.53. The number of carbonyl (C=O) groups is 3. The monoisotopic (exact) mass is 934 g/mol. The van der Waals surface area contributed by atoms with Gasteiger partial charge in [0.25, 0.3) is 0 Å². The molecule has 3 fully saturated rings. The third-order valence-corrected chi connectivity index (χ3v) is 16.8. The van der Waals surface area contributed by atoms with Gasteiger partial charge in [-0.1, -0.05) is 80.6 Å². The minimum atomic E-state index is -1.40. The van der Waals surface area contributed by atoms with E-state index in [1.54, 1.807) is 7.11 Å². The highest BCUT2D eigenvalue weighted by molar-refractivity contribution is 5.94. The second-order valence-electron chi connectivity index (χ2n) is 20.4. The highest BCUT2D eigenvalue weighted by Crippen LogP contribution is 2.62. The maximum absolute atomic E-state index is 15.6. The van der Waals surface area contributed by atoms with Crippen molar-refractivity contribution >= 4 is 40.2 Å². The number of nitrogens with zero attached hydrogens (tertiary/aromatic N) is 3. The number of carbonyl (C=O) groups excluding carboxylic acids is 3. The summed E-state index contributed by atoms with van der Waals surface area (Å²) in [5.74, 6) is -0.618. The minimum absolute atomic E-state index is 0.0875. The van der Waals surface area contributed by atoms with E-state index in [9.17, 15) is 14.7 Å². The Balaban J connectivity index is 1.09. The summed E-state index contributed by atoms with van der Waals surface area (Å²) in [4.78, 5) is 53.2. The van der Waals surface area contributed by atoms with Crippen molar-refractivity contribution in [1.82, 2.24) is 20.1 Å². The molecule has 1 saturated carbocycles. The first-order chi connectivity index (χ1) is 33.3. The largest absolute Gasteiger partial charge is 0.496 e. The first kappa shape index (κ1) is 46.6. The number of likely N-dealkylation sites (tertiary alicyclic amines) is 1. The number of rotatable bonds is 10. The van der Waals surface area contributed by atoms with Crippen LogP contribution in [0.25, 0.3) is 22.0 Å². The van der Waals surface area contributed by atoms with E-state index < -0.39 is 46.6 Å². The van der Waals surface area contributed by atoms with Crippen molar-refractivity contribution in [3.63, 3.8) is 0 Å². The summed E-state index contributed by atoms with van der Waals surface area (Å²) in [6.07, 6.45) is 3.23. The van der Waals surface area contributed by atoms with E-state index in [-0.39, 0.29) is 23.9 Å². The molecule has 1 spiro atoms. The molecule has 69 heavy (non-hydrogen) atoms. The number of fused-ring (bicyclic) bond motifs is 6. The standard InChI is InChI=1S/C56H66N6O7/c1-8-25-62-27-24-55-42-28-43(46(67-6)29-45(42)60(5)51(55)47(64)48(69-35(4)63)34(3)50(55)62)56(52(65)68-7)31-36-30-54(9-2,33-61(32-36)26-23-41-40-17-13-14-18-44(40)58-49(41)56)59-53(66)57-39-21-19-38(20-22-39)37-15-11-10-12-16-37/h8,10-22,28-29,34,36,47-48,50-51,58,64H,1,9,23-27,30-33H2,2-7H3,(H2,57,59,66)/t34?,36?,47?,48?,50?,51?,54?,55?,56-/m0/s1. The number of hydrogen-bond acceptors (Lipinski definition) is 10. The van der Waals surface area contributed by atoms with Crippen molar-refractivity contribution in [2.75, 3.05) is 64.2 Å². The maximum Gasteiger partial charge on any atom is 0.322 e. The average Bonchev–Trinajstić information content (AvgIpc) is 4.00. The Morgan fingerprint density at radius 3 is 2.39 bits per heavy atom. The zero-order valence-electron chi connectivity index (χ0n) is 40.7. The predicted octanol–water partition coefficient (Wildman–Crippen LogP) is 7.80. The van der Waals surface area contributed by atoms with Crippen molar-refractivity contribution in [3.8, 4) is 16.9 Å². The van der Waals surface area contributed by atoms with Crippen molar-refractivity contribution in [1.29, 1.82) is 0 Å². The van der Waals surface area contributed by atoms with Crippen LogP contribution < -0.4 is 20.3 Å². The van der Waals surface area contributed by atoms with E-state index in [1.807, 2.05) is 73.8 Å². The number of piperidine rings is 1. The molecule has 13 nitrogen and oxygen atoms in total. The van der Waals surface area contributed by atoms with Gasteiger partial charge in [0.15, 0.2) is 0 Å². The molecule has 10 atom stereocenters. The fraction of sp³-hybridized carbons (Fsp3) is 0.446. The second kappa shape index (κ2) is 18.0. The molecule has 2 bridgehead atoms. The molecular weight excluding hydrogens is 869 g/mol.